The standard InChI is InChI=1S/C18H19N3O2S/c22-18-16-4-8-24-17(16)20-12-21(18)6-5-19-10-13-1-2-15-11-23-7-3-14(15)9-13/h1-2,4,8-9,12,19H,3,5-7,10-11H2. The zero-order valence-electron chi connectivity index (χ0n) is 13.3. The highest BCUT2D eigenvalue weighted by molar-refractivity contribution is 7.16. The molecule has 5 nitrogen and oxygen atoms in total. The molecule has 0 bridgehead atoms. The van der Waals surface area contributed by atoms with Gasteiger partial charge in [0.25, 0.3) is 5.56 Å². The van der Waals surface area contributed by atoms with Gasteiger partial charge in [-0.25, -0.2) is 4.98 Å². The summed E-state index contributed by atoms with van der Waals surface area (Å²) in [5.74, 6) is 0. The van der Waals surface area contributed by atoms with Gasteiger partial charge in [-0.3, -0.25) is 9.36 Å². The van der Waals surface area contributed by atoms with Crippen LogP contribution >= 0.6 is 11.3 Å². The Balaban J connectivity index is 1.35. The van der Waals surface area contributed by atoms with Crippen LogP contribution in [0.4, 0.5) is 0 Å². The van der Waals surface area contributed by atoms with Gasteiger partial charge < -0.3 is 10.1 Å². The van der Waals surface area contributed by atoms with Crippen molar-refractivity contribution in [1.29, 1.82) is 0 Å². The predicted octanol–water partition coefficient (Wildman–Crippen LogP) is 2.32. The number of hydrogen-bond acceptors (Lipinski definition) is 5. The van der Waals surface area contributed by atoms with Crippen LogP contribution in [-0.2, 0) is 30.9 Å². The normalized spacial score (nSPS) is 14.0. The molecular formula is C18H19N3O2S. The number of fused-ring (bicyclic) bond motifs is 2. The van der Waals surface area contributed by atoms with E-state index in [1.165, 1.54) is 28.0 Å². The summed E-state index contributed by atoms with van der Waals surface area (Å²) in [7, 11) is 0. The van der Waals surface area contributed by atoms with E-state index < -0.39 is 0 Å². The lowest BCUT2D eigenvalue weighted by Crippen LogP contribution is -2.27. The van der Waals surface area contributed by atoms with Crippen LogP contribution in [0.2, 0.25) is 0 Å². The Labute approximate surface area is 143 Å². The first-order chi connectivity index (χ1) is 11.8. The zero-order valence-corrected chi connectivity index (χ0v) is 14.1. The van der Waals surface area contributed by atoms with Crippen molar-refractivity contribution in [2.24, 2.45) is 0 Å². The molecule has 0 fully saturated rings. The van der Waals surface area contributed by atoms with Crippen LogP contribution in [-0.4, -0.2) is 22.7 Å². The number of thiophene rings is 1. The van der Waals surface area contributed by atoms with E-state index in [0.29, 0.717) is 11.9 Å². The number of nitrogens with one attached hydrogen (secondary N) is 1. The molecule has 4 rings (SSSR count). The van der Waals surface area contributed by atoms with Crippen LogP contribution in [0.15, 0.2) is 40.8 Å². The molecule has 0 atom stereocenters. The minimum absolute atomic E-state index is 0.0387. The first-order valence-electron chi connectivity index (χ1n) is 8.13. The van der Waals surface area contributed by atoms with Crippen molar-refractivity contribution < 1.29 is 4.74 Å². The van der Waals surface area contributed by atoms with Crippen LogP contribution < -0.4 is 10.9 Å². The number of aromatic nitrogens is 2. The summed E-state index contributed by atoms with van der Waals surface area (Å²) < 4.78 is 7.14. The molecule has 3 aromatic rings. The Bertz CT molecular complexity index is 916. The number of nitrogens with zero attached hydrogens (tertiary/aromatic N) is 2. The van der Waals surface area contributed by atoms with Gasteiger partial charge >= 0.3 is 0 Å². The second-order valence-electron chi connectivity index (χ2n) is 5.96. The summed E-state index contributed by atoms with van der Waals surface area (Å²) in [4.78, 5) is 17.4. The summed E-state index contributed by atoms with van der Waals surface area (Å²) >= 11 is 1.50. The maximum atomic E-state index is 12.3. The first kappa shape index (κ1) is 15.5. The zero-order chi connectivity index (χ0) is 16.4. The molecule has 0 radical (unpaired) electrons. The highest BCUT2D eigenvalue weighted by Crippen LogP contribution is 2.18. The van der Waals surface area contributed by atoms with Crippen molar-refractivity contribution >= 4 is 21.6 Å². The molecule has 1 aliphatic rings. The lowest BCUT2D eigenvalue weighted by atomic mass is 10.0. The summed E-state index contributed by atoms with van der Waals surface area (Å²) in [6.45, 7) is 3.69. The molecule has 2 aromatic heterocycles. The fourth-order valence-corrected chi connectivity index (χ4v) is 3.74. The molecule has 0 aliphatic carbocycles. The highest BCUT2D eigenvalue weighted by atomic mass is 32.1. The second kappa shape index (κ2) is 6.84. The van der Waals surface area contributed by atoms with Crippen molar-refractivity contribution in [3.63, 3.8) is 0 Å². The molecule has 1 N–H and O–H groups in total. The average Bonchev–Trinajstić information content (AvgIpc) is 3.10. The maximum Gasteiger partial charge on any atom is 0.262 e. The second-order valence-corrected chi connectivity index (χ2v) is 6.86. The van der Waals surface area contributed by atoms with E-state index in [-0.39, 0.29) is 5.56 Å². The summed E-state index contributed by atoms with van der Waals surface area (Å²) in [5.41, 5.74) is 4.00. The SMILES string of the molecule is O=c1c2ccsc2ncn1CCNCc1ccc2c(c1)CCOC2. The molecule has 0 unspecified atom stereocenters. The molecule has 24 heavy (non-hydrogen) atoms. The molecule has 0 spiro atoms. The molecule has 1 aliphatic heterocycles. The fraction of sp³-hybridized carbons (Fsp3) is 0.333. The summed E-state index contributed by atoms with van der Waals surface area (Å²) in [6.07, 6.45) is 2.63. The Morgan fingerprint density at radius 3 is 3.21 bits per heavy atom. The Hall–Kier alpha value is -2.02. The molecule has 0 saturated carbocycles. The minimum Gasteiger partial charge on any atom is -0.376 e. The summed E-state index contributed by atoms with van der Waals surface area (Å²) in [6, 6.07) is 8.40. The lowest BCUT2D eigenvalue weighted by molar-refractivity contribution is 0.110. The smallest absolute Gasteiger partial charge is 0.262 e. The van der Waals surface area contributed by atoms with Crippen LogP contribution in [0.25, 0.3) is 10.2 Å². The molecule has 0 saturated heterocycles. The maximum absolute atomic E-state index is 12.3. The molecule has 3 heterocycles. The third kappa shape index (κ3) is 3.13. The van der Waals surface area contributed by atoms with Crippen LogP contribution in [0.1, 0.15) is 16.7 Å². The fourth-order valence-electron chi connectivity index (χ4n) is 3.01. The highest BCUT2D eigenvalue weighted by Gasteiger charge is 2.09. The van der Waals surface area contributed by atoms with Crippen LogP contribution in [0, 0.1) is 0 Å². The molecule has 1 aromatic carbocycles. The van der Waals surface area contributed by atoms with Crippen LogP contribution in [0.5, 0.6) is 0 Å². The van der Waals surface area contributed by atoms with Gasteiger partial charge in [-0.1, -0.05) is 18.2 Å². The Morgan fingerprint density at radius 1 is 1.29 bits per heavy atom. The van der Waals surface area contributed by atoms with Gasteiger partial charge in [0.05, 0.1) is 24.9 Å². The van der Waals surface area contributed by atoms with Gasteiger partial charge in [-0.05, 0) is 34.6 Å². The Morgan fingerprint density at radius 2 is 2.25 bits per heavy atom. The molecular weight excluding hydrogens is 322 g/mol. The minimum atomic E-state index is 0.0387. The quantitative estimate of drug-likeness (QED) is 0.724. The molecule has 6 heteroatoms. The monoisotopic (exact) mass is 341 g/mol. The van der Waals surface area contributed by atoms with Crippen molar-refractivity contribution in [3.05, 3.63) is 63.0 Å². The number of ether oxygens (including phenoxy) is 1. The third-order valence-electron chi connectivity index (χ3n) is 4.35. The van der Waals surface area contributed by atoms with E-state index in [1.54, 1.807) is 10.9 Å². The largest absolute Gasteiger partial charge is 0.376 e. The summed E-state index contributed by atoms with van der Waals surface area (Å²) in [5, 5.41) is 6.02. The van der Waals surface area contributed by atoms with Gasteiger partial charge in [-0.2, -0.15) is 0 Å². The third-order valence-corrected chi connectivity index (χ3v) is 5.17. The van der Waals surface area contributed by atoms with E-state index in [9.17, 15) is 4.79 Å². The van der Waals surface area contributed by atoms with Gasteiger partial charge in [0.15, 0.2) is 0 Å². The van der Waals surface area contributed by atoms with E-state index in [0.717, 1.165) is 37.6 Å². The van der Waals surface area contributed by atoms with Crippen molar-refractivity contribution in [3.8, 4) is 0 Å². The topological polar surface area (TPSA) is 56.2 Å². The first-order valence-corrected chi connectivity index (χ1v) is 9.01. The van der Waals surface area contributed by atoms with E-state index in [1.807, 2.05) is 11.4 Å². The predicted molar refractivity (Wildman–Crippen MR) is 95.4 cm³/mol. The average molecular weight is 341 g/mol. The van der Waals surface area contributed by atoms with Gasteiger partial charge in [0.2, 0.25) is 0 Å². The van der Waals surface area contributed by atoms with E-state index in [4.69, 9.17) is 4.74 Å². The van der Waals surface area contributed by atoms with Crippen molar-refractivity contribution in [2.45, 2.75) is 26.1 Å². The number of hydrogen-bond donors (Lipinski definition) is 1. The number of benzene rings is 1. The van der Waals surface area contributed by atoms with Crippen LogP contribution in [0.3, 0.4) is 0 Å². The molecule has 124 valence electrons. The van der Waals surface area contributed by atoms with Gasteiger partial charge in [-0.15, -0.1) is 11.3 Å². The van der Waals surface area contributed by atoms with Crippen molar-refractivity contribution in [2.75, 3.05) is 13.2 Å². The van der Waals surface area contributed by atoms with E-state index >= 15 is 0 Å². The molecule has 0 amide bonds. The Kier molecular flexibility index (Phi) is 4.42. The van der Waals surface area contributed by atoms with Gasteiger partial charge in [0, 0.05) is 19.6 Å². The number of rotatable bonds is 5. The lowest BCUT2D eigenvalue weighted by Gasteiger charge is -2.17. The van der Waals surface area contributed by atoms with Gasteiger partial charge in [0.1, 0.15) is 4.83 Å². The van der Waals surface area contributed by atoms with E-state index in [2.05, 4.69) is 28.5 Å². The van der Waals surface area contributed by atoms with Crippen molar-refractivity contribution in [1.82, 2.24) is 14.9 Å².